The highest BCUT2D eigenvalue weighted by Crippen LogP contribution is 2.29. The molecule has 106 valence electrons. The molecule has 0 saturated carbocycles. The molecule has 20 heavy (non-hydrogen) atoms. The fourth-order valence-electron chi connectivity index (χ4n) is 1.87. The number of benzene rings is 1. The number of pyridine rings is 1. The second kappa shape index (κ2) is 7.41. The van der Waals surface area contributed by atoms with E-state index in [1.807, 2.05) is 31.2 Å². The van der Waals surface area contributed by atoms with E-state index in [0.717, 1.165) is 46.7 Å². The molecular weight excluding hydrogens is 316 g/mol. The van der Waals surface area contributed by atoms with E-state index in [4.69, 9.17) is 4.74 Å². The summed E-state index contributed by atoms with van der Waals surface area (Å²) in [7, 11) is 0. The quantitative estimate of drug-likeness (QED) is 0.792. The number of nitrogens with one attached hydrogen (secondary N) is 1. The summed E-state index contributed by atoms with van der Waals surface area (Å²) in [6, 6.07) is 9.93. The van der Waals surface area contributed by atoms with Crippen LogP contribution in [-0.4, -0.2) is 11.5 Å². The number of halogens is 1. The molecular formula is C16H19BrN2O. The highest BCUT2D eigenvalue weighted by Gasteiger charge is 2.08. The van der Waals surface area contributed by atoms with Gasteiger partial charge in [-0.15, -0.1) is 0 Å². The molecule has 0 unspecified atom stereocenters. The highest BCUT2D eigenvalue weighted by molar-refractivity contribution is 9.10. The monoisotopic (exact) mass is 334 g/mol. The summed E-state index contributed by atoms with van der Waals surface area (Å²) >= 11 is 3.49. The van der Waals surface area contributed by atoms with Crippen LogP contribution in [0.2, 0.25) is 0 Å². The van der Waals surface area contributed by atoms with Crippen molar-refractivity contribution in [2.75, 3.05) is 6.54 Å². The predicted octanol–water partition coefficient (Wildman–Crippen LogP) is 4.44. The maximum Gasteiger partial charge on any atom is 0.148 e. The van der Waals surface area contributed by atoms with Crippen LogP contribution in [0.15, 0.2) is 41.0 Å². The first-order valence-corrected chi connectivity index (χ1v) is 7.58. The van der Waals surface area contributed by atoms with Crippen LogP contribution in [0.3, 0.4) is 0 Å². The maximum atomic E-state index is 6.02. The largest absolute Gasteiger partial charge is 0.455 e. The first-order chi connectivity index (χ1) is 9.70. The summed E-state index contributed by atoms with van der Waals surface area (Å²) in [6.45, 7) is 5.91. The summed E-state index contributed by atoms with van der Waals surface area (Å²) < 4.78 is 7.03. The van der Waals surface area contributed by atoms with Crippen LogP contribution in [0.25, 0.3) is 0 Å². The average molecular weight is 335 g/mol. The van der Waals surface area contributed by atoms with Crippen LogP contribution in [0.4, 0.5) is 0 Å². The Bertz CT molecular complexity index is 572. The molecule has 1 aromatic heterocycles. The smallest absolute Gasteiger partial charge is 0.148 e. The third-order valence-electron chi connectivity index (χ3n) is 2.95. The fourth-order valence-corrected chi connectivity index (χ4v) is 2.21. The van der Waals surface area contributed by atoms with Crippen molar-refractivity contribution in [3.8, 4) is 11.5 Å². The van der Waals surface area contributed by atoms with Crippen molar-refractivity contribution in [3.63, 3.8) is 0 Å². The Morgan fingerprint density at radius 2 is 2.10 bits per heavy atom. The molecule has 1 N–H and O–H groups in total. The number of hydrogen-bond acceptors (Lipinski definition) is 3. The third kappa shape index (κ3) is 4.05. The number of aryl methyl sites for hydroxylation is 1. The minimum Gasteiger partial charge on any atom is -0.455 e. The topological polar surface area (TPSA) is 34.1 Å². The van der Waals surface area contributed by atoms with Gasteiger partial charge >= 0.3 is 0 Å². The fraction of sp³-hybridized carbons (Fsp3) is 0.312. The van der Waals surface area contributed by atoms with Gasteiger partial charge in [-0.05, 0) is 44.2 Å². The van der Waals surface area contributed by atoms with Crippen molar-refractivity contribution in [3.05, 3.63) is 52.3 Å². The molecule has 0 atom stereocenters. The first kappa shape index (κ1) is 15.0. The van der Waals surface area contributed by atoms with Gasteiger partial charge < -0.3 is 10.1 Å². The summed E-state index contributed by atoms with van der Waals surface area (Å²) in [5.41, 5.74) is 2.03. The van der Waals surface area contributed by atoms with Gasteiger partial charge in [-0.25, -0.2) is 0 Å². The number of hydrogen-bond donors (Lipinski definition) is 1. The number of rotatable bonds is 6. The molecule has 0 bridgehead atoms. The number of aromatic nitrogens is 1. The standard InChI is InChI=1S/C16H19BrN2O/c1-3-8-18-11-13-6-7-14(17)10-16(13)20-15-5-4-9-19-12(15)2/h4-7,9-10,18H,3,8,11H2,1-2H3. The zero-order valence-corrected chi connectivity index (χ0v) is 13.4. The second-order valence-electron chi connectivity index (χ2n) is 4.62. The summed E-state index contributed by atoms with van der Waals surface area (Å²) in [5.74, 6) is 1.65. The molecule has 0 aliphatic carbocycles. The van der Waals surface area contributed by atoms with Gasteiger partial charge in [0.05, 0.1) is 5.69 Å². The summed E-state index contributed by atoms with van der Waals surface area (Å²) in [5, 5.41) is 3.40. The van der Waals surface area contributed by atoms with Crippen molar-refractivity contribution < 1.29 is 4.74 Å². The molecule has 0 amide bonds. The molecule has 0 spiro atoms. The molecule has 1 heterocycles. The third-order valence-corrected chi connectivity index (χ3v) is 3.44. The lowest BCUT2D eigenvalue weighted by Gasteiger charge is -2.13. The molecule has 0 saturated heterocycles. The Hall–Kier alpha value is -1.39. The van der Waals surface area contributed by atoms with E-state index in [9.17, 15) is 0 Å². The van der Waals surface area contributed by atoms with Gasteiger partial charge in [0.15, 0.2) is 0 Å². The minimum absolute atomic E-state index is 0.794. The molecule has 2 aromatic rings. The van der Waals surface area contributed by atoms with Crippen molar-refractivity contribution in [2.24, 2.45) is 0 Å². The van der Waals surface area contributed by atoms with Crippen LogP contribution in [0, 0.1) is 6.92 Å². The van der Waals surface area contributed by atoms with E-state index in [1.165, 1.54) is 0 Å². The van der Waals surface area contributed by atoms with Crippen LogP contribution in [-0.2, 0) is 6.54 Å². The normalized spacial score (nSPS) is 10.6. The van der Waals surface area contributed by atoms with Crippen LogP contribution >= 0.6 is 15.9 Å². The maximum absolute atomic E-state index is 6.02. The molecule has 1 aromatic carbocycles. The first-order valence-electron chi connectivity index (χ1n) is 6.79. The Labute approximate surface area is 128 Å². The lowest BCUT2D eigenvalue weighted by atomic mass is 10.2. The number of ether oxygens (including phenoxy) is 1. The second-order valence-corrected chi connectivity index (χ2v) is 5.53. The Morgan fingerprint density at radius 3 is 2.85 bits per heavy atom. The predicted molar refractivity (Wildman–Crippen MR) is 85.2 cm³/mol. The zero-order valence-electron chi connectivity index (χ0n) is 11.8. The average Bonchev–Trinajstić information content (AvgIpc) is 2.44. The number of nitrogens with zero attached hydrogens (tertiary/aromatic N) is 1. The molecule has 3 nitrogen and oxygen atoms in total. The van der Waals surface area contributed by atoms with Crippen molar-refractivity contribution in [1.82, 2.24) is 10.3 Å². The SMILES string of the molecule is CCCNCc1ccc(Br)cc1Oc1cccnc1C. The van der Waals surface area contributed by atoms with E-state index in [-0.39, 0.29) is 0 Å². The van der Waals surface area contributed by atoms with Crippen molar-refractivity contribution in [2.45, 2.75) is 26.8 Å². The van der Waals surface area contributed by atoms with E-state index >= 15 is 0 Å². The van der Waals surface area contributed by atoms with Gasteiger partial charge in [0.1, 0.15) is 11.5 Å². The van der Waals surface area contributed by atoms with E-state index in [1.54, 1.807) is 6.20 Å². The van der Waals surface area contributed by atoms with E-state index < -0.39 is 0 Å². The molecule has 0 aliphatic rings. The molecule has 0 fully saturated rings. The van der Waals surface area contributed by atoms with Gasteiger partial charge in [-0.2, -0.15) is 0 Å². The minimum atomic E-state index is 0.794. The van der Waals surface area contributed by atoms with Crippen molar-refractivity contribution in [1.29, 1.82) is 0 Å². The molecule has 0 aliphatic heterocycles. The Morgan fingerprint density at radius 1 is 1.25 bits per heavy atom. The highest BCUT2D eigenvalue weighted by atomic mass is 79.9. The lowest BCUT2D eigenvalue weighted by Crippen LogP contribution is -2.14. The van der Waals surface area contributed by atoms with Gasteiger partial charge in [0.25, 0.3) is 0 Å². The van der Waals surface area contributed by atoms with Crippen LogP contribution < -0.4 is 10.1 Å². The Balaban J connectivity index is 2.21. The van der Waals surface area contributed by atoms with E-state index in [2.05, 4.69) is 39.2 Å². The van der Waals surface area contributed by atoms with Gasteiger partial charge in [0, 0.05) is 22.8 Å². The zero-order chi connectivity index (χ0) is 14.4. The van der Waals surface area contributed by atoms with Crippen LogP contribution in [0.1, 0.15) is 24.6 Å². The molecule has 4 heteroatoms. The summed E-state index contributed by atoms with van der Waals surface area (Å²) in [4.78, 5) is 4.25. The lowest BCUT2D eigenvalue weighted by molar-refractivity contribution is 0.466. The van der Waals surface area contributed by atoms with Gasteiger partial charge in [-0.3, -0.25) is 4.98 Å². The van der Waals surface area contributed by atoms with Crippen molar-refractivity contribution >= 4 is 15.9 Å². The molecule has 0 radical (unpaired) electrons. The van der Waals surface area contributed by atoms with Gasteiger partial charge in [0.2, 0.25) is 0 Å². The Kier molecular flexibility index (Phi) is 5.56. The van der Waals surface area contributed by atoms with Gasteiger partial charge in [-0.1, -0.05) is 28.9 Å². The van der Waals surface area contributed by atoms with E-state index in [0.29, 0.717) is 0 Å². The molecule has 2 rings (SSSR count). The van der Waals surface area contributed by atoms with Crippen LogP contribution in [0.5, 0.6) is 11.5 Å². The summed E-state index contributed by atoms with van der Waals surface area (Å²) in [6.07, 6.45) is 2.89.